The van der Waals surface area contributed by atoms with Gasteiger partial charge in [0.05, 0.1) is 6.61 Å². The molecule has 0 bridgehead atoms. The molecule has 0 radical (unpaired) electrons. The zero-order valence-corrected chi connectivity index (χ0v) is 18.1. The van der Waals surface area contributed by atoms with Crippen molar-refractivity contribution in [2.24, 2.45) is 0 Å². The normalized spacial score (nSPS) is 40.2. The zero-order chi connectivity index (χ0) is 23.8. The number of ether oxygens (including phenoxy) is 4. The minimum absolute atomic E-state index is 0.196. The second-order valence-corrected chi connectivity index (χ2v) is 8.19. The van der Waals surface area contributed by atoms with Crippen molar-refractivity contribution in [1.82, 2.24) is 0 Å². The van der Waals surface area contributed by atoms with Crippen LogP contribution in [0.5, 0.6) is 0 Å². The van der Waals surface area contributed by atoms with Crippen LogP contribution < -0.4 is 0 Å². The fourth-order valence-electron chi connectivity index (χ4n) is 3.68. The molecule has 0 saturated carbocycles. The van der Waals surface area contributed by atoms with Crippen LogP contribution >= 0.6 is 0 Å². The molecule has 0 aromatic carbocycles. The molecular weight excluding hydrogens is 432 g/mol. The Morgan fingerprint density at radius 2 is 1.50 bits per heavy atom. The molecule has 2 heterocycles. The van der Waals surface area contributed by atoms with E-state index < -0.39 is 80.6 Å². The van der Waals surface area contributed by atoms with E-state index >= 15 is 0 Å². The van der Waals surface area contributed by atoms with Crippen LogP contribution in [0.2, 0.25) is 0 Å². The first kappa shape index (κ1) is 27.3. The van der Waals surface area contributed by atoms with Gasteiger partial charge in [-0.05, 0) is 6.42 Å². The van der Waals surface area contributed by atoms with Crippen LogP contribution in [0.1, 0.15) is 45.4 Å². The molecule has 0 aliphatic carbocycles. The van der Waals surface area contributed by atoms with E-state index in [-0.39, 0.29) is 6.42 Å². The Labute approximate surface area is 186 Å². The summed E-state index contributed by atoms with van der Waals surface area (Å²) in [5.74, 6) is -0.496. The number of hydrogen-bond acceptors (Lipinski definition) is 12. The molecule has 0 aromatic rings. The lowest BCUT2D eigenvalue weighted by Crippen LogP contribution is -2.64. The second kappa shape index (κ2) is 13.1. The van der Waals surface area contributed by atoms with Crippen molar-refractivity contribution >= 4 is 5.97 Å². The molecule has 2 rings (SSSR count). The van der Waals surface area contributed by atoms with Crippen molar-refractivity contribution in [2.75, 3.05) is 13.2 Å². The summed E-state index contributed by atoms with van der Waals surface area (Å²) in [5.41, 5.74) is 0. The van der Waals surface area contributed by atoms with Gasteiger partial charge in [-0.25, -0.2) is 0 Å². The fraction of sp³-hybridized carbons (Fsp3) is 0.950. The van der Waals surface area contributed by atoms with Crippen molar-refractivity contribution < 1.29 is 59.5 Å². The lowest BCUT2D eigenvalue weighted by Gasteiger charge is -2.45. The minimum atomic E-state index is -1.76. The summed E-state index contributed by atoms with van der Waals surface area (Å²) in [6, 6.07) is 0. The number of hydrogen-bond donors (Lipinski definition) is 7. The Morgan fingerprint density at radius 1 is 0.812 bits per heavy atom. The summed E-state index contributed by atoms with van der Waals surface area (Å²) < 4.78 is 21.0. The molecule has 10 atom stereocenters. The van der Waals surface area contributed by atoms with E-state index in [9.17, 15) is 40.5 Å². The maximum absolute atomic E-state index is 11.9. The molecule has 0 aromatic heterocycles. The molecule has 188 valence electrons. The van der Waals surface area contributed by atoms with E-state index in [1.165, 1.54) is 0 Å². The Bertz CT molecular complexity index is 561. The Morgan fingerprint density at radius 3 is 2.16 bits per heavy atom. The average Bonchev–Trinajstić information content (AvgIpc) is 2.78. The van der Waals surface area contributed by atoms with Crippen LogP contribution in [0.15, 0.2) is 0 Å². The van der Waals surface area contributed by atoms with Crippen LogP contribution in [-0.4, -0.2) is 116 Å². The highest BCUT2D eigenvalue weighted by molar-refractivity contribution is 5.69. The van der Waals surface area contributed by atoms with Crippen molar-refractivity contribution in [3.8, 4) is 0 Å². The van der Waals surface area contributed by atoms with E-state index in [2.05, 4.69) is 6.92 Å². The lowest BCUT2D eigenvalue weighted by molar-refractivity contribution is -0.355. The molecule has 2 aliphatic rings. The first-order valence-corrected chi connectivity index (χ1v) is 11.0. The average molecular weight is 468 g/mol. The number of unbranched alkanes of at least 4 members (excludes halogenated alkanes) is 4. The largest absolute Gasteiger partial charge is 0.463 e. The van der Waals surface area contributed by atoms with Gasteiger partial charge in [-0.2, -0.15) is 0 Å². The molecule has 2 aliphatic heterocycles. The van der Waals surface area contributed by atoms with Crippen molar-refractivity contribution in [3.63, 3.8) is 0 Å². The molecule has 2 saturated heterocycles. The van der Waals surface area contributed by atoms with Crippen LogP contribution in [0.3, 0.4) is 0 Å². The van der Waals surface area contributed by atoms with Gasteiger partial charge >= 0.3 is 5.97 Å². The zero-order valence-electron chi connectivity index (χ0n) is 18.1. The number of aliphatic hydroxyl groups excluding tert-OH is 7. The smallest absolute Gasteiger partial charge is 0.305 e. The van der Waals surface area contributed by atoms with E-state index in [1.54, 1.807) is 0 Å². The van der Waals surface area contributed by atoms with Crippen molar-refractivity contribution in [2.45, 2.75) is 107 Å². The van der Waals surface area contributed by atoms with Gasteiger partial charge in [0.2, 0.25) is 0 Å². The highest BCUT2D eigenvalue weighted by atomic mass is 16.7. The molecule has 7 N–H and O–H groups in total. The number of esters is 1. The highest BCUT2D eigenvalue weighted by Crippen LogP contribution is 2.28. The maximum Gasteiger partial charge on any atom is 0.305 e. The van der Waals surface area contributed by atoms with Gasteiger partial charge in [0, 0.05) is 6.42 Å². The standard InChI is InChI=1S/C20H36O12/c1-2-3-4-5-6-7-12(22)29-9-11-13(23)14(24)17(27)20(31-11)32-18-10(8-21)30-19(28)16(26)15(18)25/h10-11,13-21,23-28H,2-9H2,1H3/t10-,11-,13-,14+,15-,16-,17-,18-,19?,20-/m1/s1. The molecule has 32 heavy (non-hydrogen) atoms. The Balaban J connectivity index is 1.92. The summed E-state index contributed by atoms with van der Waals surface area (Å²) in [4.78, 5) is 11.9. The third-order valence-electron chi connectivity index (χ3n) is 5.69. The highest BCUT2D eigenvalue weighted by Gasteiger charge is 2.50. The van der Waals surface area contributed by atoms with Crippen molar-refractivity contribution in [1.29, 1.82) is 0 Å². The number of carbonyl (C=O) groups is 1. The molecule has 1 unspecified atom stereocenters. The maximum atomic E-state index is 11.9. The monoisotopic (exact) mass is 468 g/mol. The summed E-state index contributed by atoms with van der Waals surface area (Å²) in [6.07, 6.45) is -10.9. The first-order chi connectivity index (χ1) is 15.2. The third kappa shape index (κ3) is 7.03. The Kier molecular flexibility index (Phi) is 11.2. The fourth-order valence-corrected chi connectivity index (χ4v) is 3.68. The molecule has 0 amide bonds. The first-order valence-electron chi connectivity index (χ1n) is 11.0. The molecule has 0 spiro atoms. The molecule has 12 heteroatoms. The SMILES string of the molecule is CCCCCCCC(=O)OC[C@H]1O[C@H](O[C@H]2[C@H](O)[C@@H](O)C(O)O[C@@H]2CO)[C@H](O)[C@@H](O)[C@@H]1O. The number of carbonyl (C=O) groups excluding carboxylic acids is 1. The predicted molar refractivity (Wildman–Crippen MR) is 106 cm³/mol. The van der Waals surface area contributed by atoms with Crippen LogP contribution in [-0.2, 0) is 23.7 Å². The van der Waals surface area contributed by atoms with Crippen LogP contribution in [0.25, 0.3) is 0 Å². The van der Waals surface area contributed by atoms with Gasteiger partial charge in [0.1, 0.15) is 55.4 Å². The number of rotatable bonds is 11. The van der Waals surface area contributed by atoms with Gasteiger partial charge < -0.3 is 54.7 Å². The molecular formula is C20H36O12. The van der Waals surface area contributed by atoms with Gasteiger partial charge in [-0.3, -0.25) is 4.79 Å². The topological polar surface area (TPSA) is 196 Å². The predicted octanol–water partition coefficient (Wildman–Crippen LogP) is -2.49. The van der Waals surface area contributed by atoms with E-state index in [0.29, 0.717) is 6.42 Å². The van der Waals surface area contributed by atoms with E-state index in [4.69, 9.17) is 18.9 Å². The number of aliphatic hydroxyl groups is 7. The lowest BCUT2D eigenvalue weighted by atomic mass is 9.97. The Hall–Kier alpha value is -0.930. The van der Waals surface area contributed by atoms with Gasteiger partial charge in [-0.1, -0.05) is 32.6 Å². The van der Waals surface area contributed by atoms with Gasteiger partial charge in [0.25, 0.3) is 0 Å². The van der Waals surface area contributed by atoms with Crippen LogP contribution in [0.4, 0.5) is 0 Å². The van der Waals surface area contributed by atoms with E-state index in [0.717, 1.165) is 25.7 Å². The van der Waals surface area contributed by atoms with Gasteiger partial charge in [0.15, 0.2) is 12.6 Å². The minimum Gasteiger partial charge on any atom is -0.463 e. The molecule has 12 nitrogen and oxygen atoms in total. The van der Waals surface area contributed by atoms with Crippen LogP contribution in [0, 0.1) is 0 Å². The summed E-state index contributed by atoms with van der Waals surface area (Å²) >= 11 is 0. The van der Waals surface area contributed by atoms with E-state index in [1.807, 2.05) is 0 Å². The second-order valence-electron chi connectivity index (χ2n) is 8.19. The van der Waals surface area contributed by atoms with Gasteiger partial charge in [-0.15, -0.1) is 0 Å². The summed E-state index contributed by atoms with van der Waals surface area (Å²) in [5, 5.41) is 69.5. The summed E-state index contributed by atoms with van der Waals surface area (Å²) in [7, 11) is 0. The van der Waals surface area contributed by atoms with Crippen molar-refractivity contribution in [3.05, 3.63) is 0 Å². The summed E-state index contributed by atoms with van der Waals surface area (Å²) in [6.45, 7) is 0.982. The quantitative estimate of drug-likeness (QED) is 0.125. The molecule has 2 fully saturated rings. The third-order valence-corrected chi connectivity index (χ3v) is 5.69.